The minimum atomic E-state index is -3.37. The van der Waals surface area contributed by atoms with Crippen LogP contribution in [0.4, 0.5) is 14.5 Å². The third-order valence-electron chi connectivity index (χ3n) is 2.01. The first kappa shape index (κ1) is 14.3. The second-order valence-corrected chi connectivity index (χ2v) is 3.11. The quantitative estimate of drug-likeness (QED) is 0.470. The zero-order valence-electron chi connectivity index (χ0n) is 9.42. The molecule has 0 aliphatic rings. The van der Waals surface area contributed by atoms with Crippen LogP contribution in [0.1, 0.15) is 15.9 Å². The van der Waals surface area contributed by atoms with Gasteiger partial charge in [-0.05, 0) is 6.07 Å². The fourth-order valence-electron chi connectivity index (χ4n) is 1.29. The number of ether oxygens (including phenoxy) is 2. The van der Waals surface area contributed by atoms with E-state index in [4.69, 9.17) is 5.26 Å². The van der Waals surface area contributed by atoms with Crippen molar-refractivity contribution in [2.75, 3.05) is 7.11 Å². The summed E-state index contributed by atoms with van der Waals surface area (Å²) in [6.45, 7) is -3.37. The lowest BCUT2D eigenvalue weighted by Crippen LogP contribution is -2.11. The Labute approximate surface area is 105 Å². The molecule has 0 aliphatic carbocycles. The maximum atomic E-state index is 12.2. The van der Waals surface area contributed by atoms with Gasteiger partial charge in [0.1, 0.15) is 5.56 Å². The van der Waals surface area contributed by atoms with Crippen LogP contribution < -0.4 is 4.74 Å². The standard InChI is InChI=1S/C10H6F2N2O5/c1-18-9(15)6-2-5(4-13)3-7(14(16)17)8(6)19-10(11)12/h2-3,10H,1H3. The van der Waals surface area contributed by atoms with Gasteiger partial charge in [-0.25, -0.2) is 4.79 Å². The Hall–Kier alpha value is -2.76. The Morgan fingerprint density at radius 3 is 2.58 bits per heavy atom. The first-order valence-corrected chi connectivity index (χ1v) is 4.66. The summed E-state index contributed by atoms with van der Waals surface area (Å²) in [6, 6.07) is 3.16. The molecule has 0 N–H and O–H groups in total. The van der Waals surface area contributed by atoms with E-state index in [1.807, 2.05) is 0 Å². The molecular formula is C10H6F2N2O5. The molecule has 19 heavy (non-hydrogen) atoms. The van der Waals surface area contributed by atoms with Crippen molar-refractivity contribution < 1.29 is 28.0 Å². The molecule has 1 aromatic carbocycles. The monoisotopic (exact) mass is 272 g/mol. The zero-order chi connectivity index (χ0) is 14.6. The Morgan fingerprint density at radius 1 is 1.53 bits per heavy atom. The van der Waals surface area contributed by atoms with Crippen LogP contribution in [0, 0.1) is 21.4 Å². The van der Waals surface area contributed by atoms with E-state index in [0.717, 1.165) is 19.2 Å². The number of alkyl halides is 2. The van der Waals surface area contributed by atoms with Gasteiger partial charge in [0.05, 0.1) is 23.7 Å². The number of rotatable bonds is 4. The topological polar surface area (TPSA) is 102 Å². The van der Waals surface area contributed by atoms with E-state index in [-0.39, 0.29) is 5.56 Å². The summed E-state index contributed by atoms with van der Waals surface area (Å²) >= 11 is 0. The van der Waals surface area contributed by atoms with Gasteiger partial charge in [-0.2, -0.15) is 14.0 Å². The van der Waals surface area contributed by atoms with Gasteiger partial charge in [0.2, 0.25) is 5.75 Å². The van der Waals surface area contributed by atoms with Gasteiger partial charge in [-0.3, -0.25) is 10.1 Å². The fourth-order valence-corrected chi connectivity index (χ4v) is 1.29. The van der Waals surface area contributed by atoms with E-state index >= 15 is 0 Å². The molecule has 7 nitrogen and oxygen atoms in total. The SMILES string of the molecule is COC(=O)c1cc(C#N)cc([N+](=O)[O-])c1OC(F)F. The highest BCUT2D eigenvalue weighted by atomic mass is 19.3. The van der Waals surface area contributed by atoms with Crippen LogP contribution in [0.15, 0.2) is 12.1 Å². The number of halogens is 2. The summed E-state index contributed by atoms with van der Waals surface area (Å²) in [7, 11) is 0.958. The Morgan fingerprint density at radius 2 is 2.16 bits per heavy atom. The summed E-state index contributed by atoms with van der Waals surface area (Å²) in [5.74, 6) is -2.07. The highest BCUT2D eigenvalue weighted by Crippen LogP contribution is 2.34. The Bertz CT molecular complexity index is 568. The van der Waals surface area contributed by atoms with Gasteiger partial charge < -0.3 is 9.47 Å². The van der Waals surface area contributed by atoms with Crippen molar-refractivity contribution in [1.29, 1.82) is 5.26 Å². The minimum Gasteiger partial charge on any atom is -0.465 e. The van der Waals surface area contributed by atoms with Crippen molar-refractivity contribution in [3.63, 3.8) is 0 Å². The van der Waals surface area contributed by atoms with Gasteiger partial charge in [-0.15, -0.1) is 0 Å². The van der Waals surface area contributed by atoms with Gasteiger partial charge in [0.15, 0.2) is 0 Å². The molecule has 9 heteroatoms. The van der Waals surface area contributed by atoms with Crippen molar-refractivity contribution >= 4 is 11.7 Å². The van der Waals surface area contributed by atoms with Gasteiger partial charge in [0.25, 0.3) is 0 Å². The highest BCUT2D eigenvalue weighted by Gasteiger charge is 2.28. The number of nitriles is 1. The van der Waals surface area contributed by atoms with Crippen molar-refractivity contribution in [2.24, 2.45) is 0 Å². The molecule has 1 aromatic rings. The number of hydrogen-bond acceptors (Lipinski definition) is 6. The van der Waals surface area contributed by atoms with Crippen LogP contribution in [-0.2, 0) is 4.74 Å². The molecule has 0 aromatic heterocycles. The molecule has 0 amide bonds. The lowest BCUT2D eigenvalue weighted by atomic mass is 10.1. The molecule has 0 radical (unpaired) electrons. The van der Waals surface area contributed by atoms with Crippen LogP contribution in [-0.4, -0.2) is 24.6 Å². The number of nitro benzene ring substituents is 1. The minimum absolute atomic E-state index is 0.256. The molecule has 0 bridgehead atoms. The molecule has 0 heterocycles. The number of hydrogen-bond donors (Lipinski definition) is 0. The molecule has 0 saturated heterocycles. The largest absolute Gasteiger partial charge is 0.465 e. The molecular weight excluding hydrogens is 266 g/mol. The second-order valence-electron chi connectivity index (χ2n) is 3.11. The molecule has 0 spiro atoms. The van der Waals surface area contributed by atoms with Gasteiger partial charge in [-0.1, -0.05) is 0 Å². The average molecular weight is 272 g/mol. The smallest absolute Gasteiger partial charge is 0.387 e. The maximum Gasteiger partial charge on any atom is 0.387 e. The molecule has 0 atom stereocenters. The first-order chi connectivity index (χ1) is 8.90. The highest BCUT2D eigenvalue weighted by molar-refractivity contribution is 5.94. The predicted octanol–water partition coefficient (Wildman–Crippen LogP) is 1.85. The summed E-state index contributed by atoms with van der Waals surface area (Å²) in [5, 5.41) is 19.4. The zero-order valence-corrected chi connectivity index (χ0v) is 9.42. The normalized spacial score (nSPS) is 9.84. The number of carbonyl (C=O) groups excluding carboxylic acids is 1. The van der Waals surface area contributed by atoms with Crippen LogP contribution in [0.3, 0.4) is 0 Å². The third-order valence-corrected chi connectivity index (χ3v) is 2.01. The van der Waals surface area contributed by atoms with E-state index < -0.39 is 34.5 Å². The number of methoxy groups -OCH3 is 1. The lowest BCUT2D eigenvalue weighted by molar-refractivity contribution is -0.386. The van der Waals surface area contributed by atoms with Crippen LogP contribution in [0.5, 0.6) is 5.75 Å². The van der Waals surface area contributed by atoms with Crippen molar-refractivity contribution in [3.8, 4) is 11.8 Å². The summed E-state index contributed by atoms with van der Waals surface area (Å²) in [6.07, 6.45) is 0. The Kier molecular flexibility index (Phi) is 4.31. The summed E-state index contributed by atoms with van der Waals surface area (Å²) in [5.41, 5.74) is -1.79. The van der Waals surface area contributed by atoms with E-state index in [1.54, 1.807) is 6.07 Å². The number of nitrogens with zero attached hydrogens (tertiary/aromatic N) is 2. The van der Waals surface area contributed by atoms with Crippen LogP contribution >= 0.6 is 0 Å². The van der Waals surface area contributed by atoms with Crippen molar-refractivity contribution in [2.45, 2.75) is 6.61 Å². The second kappa shape index (κ2) is 5.72. The maximum absolute atomic E-state index is 12.2. The number of benzene rings is 1. The first-order valence-electron chi connectivity index (χ1n) is 4.66. The molecule has 1 rings (SSSR count). The van der Waals surface area contributed by atoms with Crippen LogP contribution in [0.2, 0.25) is 0 Å². The van der Waals surface area contributed by atoms with E-state index in [0.29, 0.717) is 0 Å². The number of nitro groups is 1. The molecule has 0 aliphatic heterocycles. The van der Waals surface area contributed by atoms with Gasteiger partial charge >= 0.3 is 18.3 Å². The number of esters is 1. The van der Waals surface area contributed by atoms with E-state index in [1.165, 1.54) is 0 Å². The molecule has 100 valence electrons. The van der Waals surface area contributed by atoms with Gasteiger partial charge in [0, 0.05) is 6.07 Å². The number of carbonyl (C=O) groups is 1. The molecule has 0 fully saturated rings. The fraction of sp³-hybridized carbons (Fsp3) is 0.200. The van der Waals surface area contributed by atoms with Crippen molar-refractivity contribution in [3.05, 3.63) is 33.4 Å². The summed E-state index contributed by atoms with van der Waals surface area (Å²) in [4.78, 5) is 21.1. The Balaban J connectivity index is 3.56. The molecule has 0 saturated carbocycles. The van der Waals surface area contributed by atoms with Crippen LogP contribution in [0.25, 0.3) is 0 Å². The molecule has 0 unspecified atom stereocenters. The predicted molar refractivity (Wildman–Crippen MR) is 55.8 cm³/mol. The van der Waals surface area contributed by atoms with E-state index in [2.05, 4.69) is 9.47 Å². The third kappa shape index (κ3) is 3.12. The van der Waals surface area contributed by atoms with E-state index in [9.17, 15) is 23.7 Å². The van der Waals surface area contributed by atoms with Crippen molar-refractivity contribution in [1.82, 2.24) is 0 Å². The average Bonchev–Trinajstić information content (AvgIpc) is 2.36. The summed E-state index contributed by atoms with van der Waals surface area (Å²) < 4.78 is 32.7. The lowest BCUT2D eigenvalue weighted by Gasteiger charge is -2.09.